The Hall–Kier alpha value is -2.08. The molecule has 2 rings (SSSR count). The van der Waals surface area contributed by atoms with E-state index in [9.17, 15) is 5.26 Å². The molecule has 1 fully saturated rings. The van der Waals surface area contributed by atoms with Crippen molar-refractivity contribution < 1.29 is 0 Å². The van der Waals surface area contributed by atoms with Crippen molar-refractivity contribution in [2.45, 2.75) is 12.8 Å². The van der Waals surface area contributed by atoms with Crippen LogP contribution >= 0.6 is 0 Å². The second-order valence-corrected chi connectivity index (χ2v) is 4.16. The van der Waals surface area contributed by atoms with E-state index in [2.05, 4.69) is 17.5 Å². The molecule has 1 heterocycles. The second-order valence-electron chi connectivity index (χ2n) is 4.16. The van der Waals surface area contributed by atoms with Crippen LogP contribution in [0.3, 0.4) is 0 Å². The van der Waals surface area contributed by atoms with E-state index in [-0.39, 0.29) is 0 Å². The van der Waals surface area contributed by atoms with E-state index < -0.39 is 0 Å². The monoisotopic (exact) mass is 225 g/mol. The van der Waals surface area contributed by atoms with Gasteiger partial charge in [-0.25, -0.2) is 0 Å². The summed E-state index contributed by atoms with van der Waals surface area (Å²) in [7, 11) is 0. The van der Waals surface area contributed by atoms with Gasteiger partial charge in [0.25, 0.3) is 0 Å². The SMILES string of the molecule is C=CC(=N)c1ccc(N2CCCC2)c(C#N)c1. The summed E-state index contributed by atoms with van der Waals surface area (Å²) in [5.41, 5.74) is 2.75. The number of hydrogen-bond acceptors (Lipinski definition) is 3. The average Bonchev–Trinajstić information content (AvgIpc) is 2.90. The molecule has 0 aliphatic carbocycles. The van der Waals surface area contributed by atoms with Crippen LogP contribution in [0.15, 0.2) is 30.9 Å². The molecule has 1 aliphatic heterocycles. The summed E-state index contributed by atoms with van der Waals surface area (Å²) in [4.78, 5) is 2.24. The van der Waals surface area contributed by atoms with Crippen LogP contribution < -0.4 is 4.90 Å². The van der Waals surface area contributed by atoms with Crippen molar-refractivity contribution in [1.29, 1.82) is 10.7 Å². The molecule has 17 heavy (non-hydrogen) atoms. The normalized spacial score (nSPS) is 14.4. The van der Waals surface area contributed by atoms with Gasteiger partial charge in [-0.15, -0.1) is 0 Å². The Morgan fingerprint density at radius 3 is 2.71 bits per heavy atom. The molecular weight excluding hydrogens is 210 g/mol. The van der Waals surface area contributed by atoms with E-state index in [4.69, 9.17) is 5.41 Å². The van der Waals surface area contributed by atoms with E-state index in [1.807, 2.05) is 12.1 Å². The number of benzene rings is 1. The quantitative estimate of drug-likeness (QED) is 0.804. The Kier molecular flexibility index (Phi) is 3.24. The van der Waals surface area contributed by atoms with Gasteiger partial charge < -0.3 is 10.3 Å². The highest BCUT2D eigenvalue weighted by atomic mass is 15.1. The molecule has 3 heteroatoms. The Morgan fingerprint density at radius 1 is 1.41 bits per heavy atom. The maximum absolute atomic E-state index is 9.18. The number of nitrogens with zero attached hydrogens (tertiary/aromatic N) is 2. The van der Waals surface area contributed by atoms with Crippen molar-refractivity contribution in [1.82, 2.24) is 0 Å². The van der Waals surface area contributed by atoms with E-state index in [1.165, 1.54) is 18.9 Å². The standard InChI is InChI=1S/C14H15N3/c1-2-13(16)11-5-6-14(12(9-11)10-15)17-7-3-4-8-17/h2,5-6,9,16H,1,3-4,7-8H2. The van der Waals surface area contributed by atoms with Crippen LogP contribution in [0.1, 0.15) is 24.0 Å². The summed E-state index contributed by atoms with van der Waals surface area (Å²) in [6.07, 6.45) is 3.87. The minimum absolute atomic E-state index is 0.356. The average molecular weight is 225 g/mol. The van der Waals surface area contributed by atoms with Gasteiger partial charge in [-0.1, -0.05) is 12.6 Å². The third-order valence-electron chi connectivity index (χ3n) is 3.08. The Labute approximate surface area is 101 Å². The van der Waals surface area contributed by atoms with Gasteiger partial charge in [-0.2, -0.15) is 5.26 Å². The van der Waals surface area contributed by atoms with Gasteiger partial charge in [0.05, 0.1) is 17.0 Å². The highest BCUT2D eigenvalue weighted by Crippen LogP contribution is 2.25. The highest BCUT2D eigenvalue weighted by molar-refractivity contribution is 6.06. The molecule has 0 saturated carbocycles. The molecule has 0 spiro atoms. The molecule has 0 bridgehead atoms. The first-order valence-electron chi connectivity index (χ1n) is 5.76. The Morgan fingerprint density at radius 2 is 2.12 bits per heavy atom. The van der Waals surface area contributed by atoms with Crippen LogP contribution in [-0.4, -0.2) is 18.8 Å². The number of hydrogen-bond donors (Lipinski definition) is 1. The summed E-state index contributed by atoms with van der Waals surface area (Å²) in [6.45, 7) is 5.62. The maximum atomic E-state index is 9.18. The van der Waals surface area contributed by atoms with Crippen molar-refractivity contribution in [3.05, 3.63) is 42.0 Å². The lowest BCUT2D eigenvalue weighted by Gasteiger charge is -2.19. The van der Waals surface area contributed by atoms with Crippen molar-refractivity contribution >= 4 is 11.4 Å². The van der Waals surface area contributed by atoms with Crippen LogP contribution in [0.25, 0.3) is 0 Å². The van der Waals surface area contributed by atoms with Gasteiger partial charge in [0, 0.05) is 18.7 Å². The fourth-order valence-corrected chi connectivity index (χ4v) is 2.14. The minimum Gasteiger partial charge on any atom is -0.370 e. The van der Waals surface area contributed by atoms with Gasteiger partial charge in [0.1, 0.15) is 6.07 Å². The van der Waals surface area contributed by atoms with Gasteiger partial charge in [-0.3, -0.25) is 0 Å². The van der Waals surface area contributed by atoms with E-state index in [1.54, 1.807) is 6.07 Å². The summed E-state index contributed by atoms with van der Waals surface area (Å²) in [5, 5.41) is 16.9. The smallest absolute Gasteiger partial charge is 0.101 e. The number of rotatable bonds is 3. The van der Waals surface area contributed by atoms with Crippen molar-refractivity contribution in [2.24, 2.45) is 0 Å². The third-order valence-corrected chi connectivity index (χ3v) is 3.08. The summed E-state index contributed by atoms with van der Waals surface area (Å²) >= 11 is 0. The number of nitriles is 1. The molecule has 1 aliphatic rings. The molecule has 0 unspecified atom stereocenters. The van der Waals surface area contributed by atoms with Gasteiger partial charge in [-0.05, 0) is 31.1 Å². The second kappa shape index (κ2) is 4.84. The molecule has 1 aromatic carbocycles. The van der Waals surface area contributed by atoms with E-state index >= 15 is 0 Å². The fourth-order valence-electron chi connectivity index (χ4n) is 2.14. The topological polar surface area (TPSA) is 50.9 Å². The van der Waals surface area contributed by atoms with E-state index in [0.717, 1.165) is 24.3 Å². The summed E-state index contributed by atoms with van der Waals surface area (Å²) < 4.78 is 0. The molecule has 0 radical (unpaired) electrons. The molecule has 0 amide bonds. The molecule has 0 aromatic heterocycles. The maximum Gasteiger partial charge on any atom is 0.101 e. The fraction of sp³-hybridized carbons (Fsp3) is 0.286. The molecule has 1 saturated heterocycles. The van der Waals surface area contributed by atoms with Crippen LogP contribution in [-0.2, 0) is 0 Å². The number of anilines is 1. The van der Waals surface area contributed by atoms with Gasteiger partial charge >= 0.3 is 0 Å². The lowest BCUT2D eigenvalue weighted by atomic mass is 10.0. The summed E-state index contributed by atoms with van der Waals surface area (Å²) in [5.74, 6) is 0. The van der Waals surface area contributed by atoms with Crippen LogP contribution in [0.2, 0.25) is 0 Å². The Bertz CT molecular complexity index is 491. The van der Waals surface area contributed by atoms with Crippen molar-refractivity contribution in [3.63, 3.8) is 0 Å². The summed E-state index contributed by atoms with van der Waals surface area (Å²) in [6, 6.07) is 7.82. The van der Waals surface area contributed by atoms with Gasteiger partial charge in [0.15, 0.2) is 0 Å². The lowest BCUT2D eigenvalue weighted by molar-refractivity contribution is 0.949. The van der Waals surface area contributed by atoms with Crippen LogP contribution in [0.4, 0.5) is 5.69 Å². The first kappa shape index (κ1) is 11.4. The minimum atomic E-state index is 0.356. The molecule has 86 valence electrons. The molecule has 0 atom stereocenters. The Balaban J connectivity index is 2.38. The van der Waals surface area contributed by atoms with Gasteiger partial charge in [0.2, 0.25) is 0 Å². The zero-order chi connectivity index (χ0) is 12.3. The number of allylic oxidation sites excluding steroid dienone is 1. The number of nitrogens with one attached hydrogen (secondary N) is 1. The zero-order valence-electron chi connectivity index (χ0n) is 9.74. The largest absolute Gasteiger partial charge is 0.370 e. The molecule has 1 aromatic rings. The zero-order valence-corrected chi connectivity index (χ0v) is 9.74. The molecule has 3 nitrogen and oxygen atoms in total. The lowest BCUT2D eigenvalue weighted by Crippen LogP contribution is -2.19. The highest BCUT2D eigenvalue weighted by Gasteiger charge is 2.16. The van der Waals surface area contributed by atoms with Crippen molar-refractivity contribution in [2.75, 3.05) is 18.0 Å². The first-order chi connectivity index (χ1) is 8.26. The van der Waals surface area contributed by atoms with E-state index in [0.29, 0.717) is 11.3 Å². The predicted molar refractivity (Wildman–Crippen MR) is 69.6 cm³/mol. The molecular formula is C14H15N3. The van der Waals surface area contributed by atoms with Crippen LogP contribution in [0.5, 0.6) is 0 Å². The predicted octanol–water partition coefficient (Wildman–Crippen LogP) is 2.71. The van der Waals surface area contributed by atoms with Crippen molar-refractivity contribution in [3.8, 4) is 6.07 Å². The third kappa shape index (κ3) is 2.21. The van der Waals surface area contributed by atoms with Crippen LogP contribution in [0, 0.1) is 16.7 Å². The molecule has 1 N–H and O–H groups in total. The first-order valence-corrected chi connectivity index (χ1v) is 5.76.